The maximum Gasteiger partial charge on any atom is 0.331 e. The minimum Gasteiger partial charge on any atom is -0.458 e. The van der Waals surface area contributed by atoms with E-state index in [4.69, 9.17) is 9.47 Å². The van der Waals surface area contributed by atoms with Gasteiger partial charge in [-0.2, -0.15) is 0 Å². The number of carbonyl (C=O) groups is 2. The fraction of sp³-hybridized carbons (Fsp3) is 0.714. The molecule has 9 nitrogen and oxygen atoms in total. The van der Waals surface area contributed by atoms with Crippen LogP contribution in [-0.2, 0) is 25.5 Å². The summed E-state index contributed by atoms with van der Waals surface area (Å²) in [6.45, 7) is 6.57. The molecule has 278 valence electrons. The van der Waals surface area contributed by atoms with E-state index >= 15 is 0 Å². The zero-order valence-electron chi connectivity index (χ0n) is 30.7. The van der Waals surface area contributed by atoms with Crippen molar-refractivity contribution in [3.05, 3.63) is 47.5 Å². The van der Waals surface area contributed by atoms with Gasteiger partial charge in [0.05, 0.1) is 35.1 Å². The van der Waals surface area contributed by atoms with E-state index in [9.17, 15) is 24.9 Å². The number of ether oxygens (including phenoxy) is 2. The molecule has 3 saturated carbocycles. The summed E-state index contributed by atoms with van der Waals surface area (Å²) < 4.78 is 11.9. The summed E-state index contributed by atoms with van der Waals surface area (Å²) in [6, 6.07) is 10.6. The highest BCUT2D eigenvalue weighted by atomic mass is 16.6. The highest BCUT2D eigenvalue weighted by molar-refractivity contribution is 5.85. The maximum absolute atomic E-state index is 13.9. The van der Waals surface area contributed by atoms with Crippen molar-refractivity contribution in [2.75, 3.05) is 6.61 Å². The van der Waals surface area contributed by atoms with Gasteiger partial charge in [0.15, 0.2) is 5.72 Å². The minimum absolute atomic E-state index is 0.117. The van der Waals surface area contributed by atoms with Gasteiger partial charge in [-0.25, -0.2) is 10.2 Å². The Labute approximate surface area is 303 Å². The van der Waals surface area contributed by atoms with Gasteiger partial charge < -0.3 is 24.8 Å². The third kappa shape index (κ3) is 6.07. The molecule has 4 fully saturated rings. The van der Waals surface area contributed by atoms with E-state index in [-0.39, 0.29) is 50.2 Å². The minimum atomic E-state index is -1.72. The third-order valence-corrected chi connectivity index (χ3v) is 14.3. The van der Waals surface area contributed by atoms with E-state index < -0.39 is 51.7 Å². The second-order valence-electron chi connectivity index (χ2n) is 17.4. The van der Waals surface area contributed by atoms with Crippen LogP contribution in [0.5, 0.6) is 0 Å². The highest BCUT2D eigenvalue weighted by Crippen LogP contribution is 2.74. The van der Waals surface area contributed by atoms with Gasteiger partial charge in [-0.15, -0.1) is 5.92 Å². The number of rotatable bonds is 11. The van der Waals surface area contributed by atoms with Gasteiger partial charge in [-0.3, -0.25) is 10.2 Å². The van der Waals surface area contributed by atoms with Crippen LogP contribution in [0.1, 0.15) is 116 Å². The molecular weight excluding hydrogens is 644 g/mol. The quantitative estimate of drug-likeness (QED) is 0.154. The summed E-state index contributed by atoms with van der Waals surface area (Å²) in [5, 5.41) is 39.7. The maximum atomic E-state index is 13.9. The molecule has 3 aliphatic heterocycles. The molecule has 1 aromatic carbocycles. The largest absolute Gasteiger partial charge is 0.458 e. The van der Waals surface area contributed by atoms with E-state index in [1.165, 1.54) is 11.6 Å². The van der Waals surface area contributed by atoms with Gasteiger partial charge in [0.25, 0.3) is 0 Å². The Hall–Kier alpha value is -2.74. The molecule has 51 heavy (non-hydrogen) atoms. The number of hydrazine groups is 1. The second kappa shape index (κ2) is 13.9. The molecule has 1 spiro atoms. The topological polar surface area (TPSA) is 137 Å². The number of fused-ring (bicyclic) bond motifs is 3. The number of aryl methyl sites for hydroxylation is 1. The lowest BCUT2D eigenvalue weighted by atomic mass is 9.34. The number of hydrogen-bond acceptors (Lipinski definition) is 9. The Morgan fingerprint density at radius 2 is 1.86 bits per heavy atom. The molecule has 3 aliphatic carbocycles. The number of aliphatic hydroxyl groups is 3. The van der Waals surface area contributed by atoms with Gasteiger partial charge in [0, 0.05) is 30.9 Å². The van der Waals surface area contributed by atoms with Crippen molar-refractivity contribution in [1.82, 2.24) is 10.9 Å². The average Bonchev–Trinajstić information content (AvgIpc) is 3.75. The number of aliphatic hydroxyl groups excluding tert-OH is 2. The van der Waals surface area contributed by atoms with Crippen molar-refractivity contribution < 1.29 is 34.4 Å². The first kappa shape index (κ1) is 36.6. The number of hydrogen-bond donors (Lipinski definition) is 5. The fourth-order valence-corrected chi connectivity index (χ4v) is 12.1. The normalized spacial score (nSPS) is 41.2. The lowest BCUT2D eigenvalue weighted by Gasteiger charge is -2.73. The van der Waals surface area contributed by atoms with Crippen LogP contribution in [0.25, 0.3) is 0 Å². The summed E-state index contributed by atoms with van der Waals surface area (Å²) >= 11 is 0. The Kier molecular flexibility index (Phi) is 9.99. The molecule has 7 rings (SSSR count). The predicted octanol–water partition coefficient (Wildman–Crippen LogP) is 5.27. The summed E-state index contributed by atoms with van der Waals surface area (Å²) in [7, 11) is 0. The molecule has 5 N–H and O–H groups in total. The standard InChI is InChI=1S/C42H58N2O7/c1-28(11-9-14-29-12-5-4-6-13-29)18-19-33(45)42-34(46)21-23-39(3)31-15-10-16-32(31)43-44-40(37(39)42)27-38(2,22-8-7-17-35(47)51-40)41(42,49)24-20-30-25-36(48)50-26-30/h4-6,12-13,25,28,31-34,37,43-46,49H,7,9-11,14-21,23-24,26-27H2,1-3H3/t28-,31-,32-,33+,34+,37-,38+,39-,40+,41-,42+/m1/s1. The molecule has 0 unspecified atom stereocenters. The van der Waals surface area contributed by atoms with Crippen LogP contribution in [0.15, 0.2) is 42.0 Å². The Bertz CT molecular complexity index is 1570. The number of benzene rings is 1. The third-order valence-electron chi connectivity index (χ3n) is 14.3. The van der Waals surface area contributed by atoms with E-state index in [1.807, 2.05) is 13.0 Å². The molecule has 1 aromatic rings. The number of cyclic esters (lactones) is 1. The molecule has 0 amide bonds. The van der Waals surface area contributed by atoms with Crippen LogP contribution >= 0.6 is 0 Å². The van der Waals surface area contributed by atoms with Crippen LogP contribution in [0.3, 0.4) is 0 Å². The van der Waals surface area contributed by atoms with Crippen molar-refractivity contribution in [2.24, 2.45) is 34.0 Å². The summed E-state index contributed by atoms with van der Waals surface area (Å²) in [5.41, 5.74) is 3.01. The average molecular weight is 703 g/mol. The Morgan fingerprint density at radius 1 is 1.06 bits per heavy atom. The van der Waals surface area contributed by atoms with E-state index in [0.717, 1.165) is 44.1 Å². The van der Waals surface area contributed by atoms with Gasteiger partial charge in [0.2, 0.25) is 0 Å². The first-order valence-electron chi connectivity index (χ1n) is 19.6. The highest BCUT2D eigenvalue weighted by Gasteiger charge is 2.82. The Morgan fingerprint density at radius 3 is 2.63 bits per heavy atom. The molecule has 1 saturated heterocycles. The number of esters is 2. The Balaban J connectivity index is 1.33. The van der Waals surface area contributed by atoms with Crippen molar-refractivity contribution in [1.29, 1.82) is 0 Å². The molecule has 0 aromatic heterocycles. The fourth-order valence-electron chi connectivity index (χ4n) is 12.1. The molecule has 3 heterocycles. The zero-order chi connectivity index (χ0) is 36.1. The summed E-state index contributed by atoms with van der Waals surface area (Å²) in [5.74, 6) is 5.75. The first-order chi connectivity index (χ1) is 24.4. The van der Waals surface area contributed by atoms with Crippen LogP contribution in [0, 0.1) is 45.8 Å². The molecule has 11 atom stereocenters. The summed E-state index contributed by atoms with van der Waals surface area (Å²) in [4.78, 5) is 25.8. The smallest absolute Gasteiger partial charge is 0.331 e. The second-order valence-corrected chi connectivity index (χ2v) is 17.4. The van der Waals surface area contributed by atoms with Crippen LogP contribution in [-0.4, -0.2) is 63.4 Å². The monoisotopic (exact) mass is 702 g/mol. The van der Waals surface area contributed by atoms with Crippen molar-refractivity contribution in [2.45, 2.75) is 147 Å². The van der Waals surface area contributed by atoms with Crippen LogP contribution in [0.4, 0.5) is 0 Å². The van der Waals surface area contributed by atoms with Gasteiger partial charge in [-0.1, -0.05) is 62.9 Å². The van der Waals surface area contributed by atoms with E-state index in [1.54, 1.807) is 0 Å². The SMILES string of the molecule is C[C@H](CCCc1ccccc1)CC[C@H](O)[C@@]12[C@@H](O)CC[C@]3(C)[C@@H]4CCC[C@H]4NN[C@]4(C[C@](C)(C#CCCC(=O)O4)[C@]1(O)CCC1=CC(=O)OC1)[C@@H]32. The van der Waals surface area contributed by atoms with Crippen LogP contribution < -0.4 is 10.9 Å². The summed E-state index contributed by atoms with van der Waals surface area (Å²) in [6.07, 6.45) is 8.54. The van der Waals surface area contributed by atoms with Gasteiger partial charge in [-0.05, 0) is 99.5 Å². The lowest BCUT2D eigenvalue weighted by Crippen LogP contribution is -2.84. The van der Waals surface area contributed by atoms with Gasteiger partial charge in [0.1, 0.15) is 6.61 Å². The van der Waals surface area contributed by atoms with Crippen molar-refractivity contribution >= 4 is 11.9 Å². The van der Waals surface area contributed by atoms with Crippen molar-refractivity contribution in [3.8, 4) is 11.8 Å². The number of carbonyl (C=O) groups excluding carboxylic acids is 2. The molecule has 6 aliphatic rings. The first-order valence-corrected chi connectivity index (χ1v) is 19.6. The molecular formula is C42H58N2O7. The molecule has 2 bridgehead atoms. The van der Waals surface area contributed by atoms with Gasteiger partial charge >= 0.3 is 11.9 Å². The van der Waals surface area contributed by atoms with Crippen molar-refractivity contribution in [3.63, 3.8) is 0 Å². The molecule has 9 heteroatoms. The predicted molar refractivity (Wildman–Crippen MR) is 192 cm³/mol. The number of nitrogens with one attached hydrogen (secondary N) is 2. The zero-order valence-corrected chi connectivity index (χ0v) is 30.7. The molecule has 0 radical (unpaired) electrons. The van der Waals surface area contributed by atoms with E-state index in [2.05, 4.69) is 60.8 Å². The lowest BCUT2D eigenvalue weighted by molar-refractivity contribution is -0.362. The van der Waals surface area contributed by atoms with E-state index in [0.29, 0.717) is 38.0 Å². The van der Waals surface area contributed by atoms with Crippen LogP contribution in [0.2, 0.25) is 0 Å².